The molecule has 14 heteroatoms. The van der Waals surface area contributed by atoms with Gasteiger partial charge in [-0.25, -0.2) is 23.8 Å². The van der Waals surface area contributed by atoms with E-state index < -0.39 is 24.0 Å². The number of methoxy groups -OCH3 is 2. The number of carbonyl (C=O) groups is 1. The lowest BCUT2D eigenvalue weighted by atomic mass is 10.00. The van der Waals surface area contributed by atoms with Crippen molar-refractivity contribution in [2.45, 2.75) is 19.0 Å². The Morgan fingerprint density at radius 2 is 1.95 bits per heavy atom. The third-order valence-corrected chi connectivity index (χ3v) is 5.67. The molecule has 0 fully saturated rings. The minimum atomic E-state index is -1.24. The van der Waals surface area contributed by atoms with Crippen LogP contribution in [-0.4, -0.2) is 56.4 Å². The molecule has 2 atom stereocenters. The van der Waals surface area contributed by atoms with Crippen LogP contribution in [-0.2, 0) is 0 Å². The summed E-state index contributed by atoms with van der Waals surface area (Å²) < 4.78 is 27.1. The molecule has 0 saturated heterocycles. The van der Waals surface area contributed by atoms with Crippen molar-refractivity contribution in [1.82, 2.24) is 30.3 Å². The lowest BCUT2D eigenvalue weighted by molar-refractivity contribution is 0.189. The van der Waals surface area contributed by atoms with Crippen LogP contribution in [0.2, 0.25) is 0 Å². The Kier molecular flexibility index (Phi) is 8.00. The fraction of sp³-hybridized carbons (Fsp3) is 0.200. The van der Waals surface area contributed by atoms with E-state index in [0.717, 1.165) is 6.07 Å². The Hall–Kier alpha value is -5.45. The molecule has 1 aromatic carbocycles. The second-order valence-electron chi connectivity index (χ2n) is 8.19. The van der Waals surface area contributed by atoms with E-state index in [1.54, 1.807) is 43.5 Å². The topological polar surface area (TPSA) is 172 Å². The van der Waals surface area contributed by atoms with Crippen LogP contribution >= 0.6 is 0 Å². The van der Waals surface area contributed by atoms with E-state index in [9.17, 15) is 15.2 Å². The van der Waals surface area contributed by atoms with Crippen molar-refractivity contribution in [2.75, 3.05) is 24.9 Å². The second-order valence-corrected chi connectivity index (χ2v) is 8.19. The van der Waals surface area contributed by atoms with Crippen molar-refractivity contribution < 1.29 is 23.8 Å². The summed E-state index contributed by atoms with van der Waals surface area (Å²) in [5, 5.41) is 35.0. The molecule has 0 radical (unpaired) electrons. The van der Waals surface area contributed by atoms with Crippen LogP contribution in [0.5, 0.6) is 11.6 Å². The summed E-state index contributed by atoms with van der Waals surface area (Å²) in [5.74, 6) is -0.0686. The summed E-state index contributed by atoms with van der Waals surface area (Å²) in [6.45, 7) is 1.63. The fourth-order valence-corrected chi connectivity index (χ4v) is 3.81. The van der Waals surface area contributed by atoms with Crippen molar-refractivity contribution in [3.05, 3.63) is 71.9 Å². The number of aromatic nitrogens is 5. The molecule has 1 amide bonds. The van der Waals surface area contributed by atoms with E-state index in [4.69, 9.17) is 9.47 Å². The Labute approximate surface area is 222 Å². The van der Waals surface area contributed by atoms with Gasteiger partial charge in [0.1, 0.15) is 17.5 Å². The minimum absolute atomic E-state index is 0.0465. The molecular weight excluding hydrogens is 509 g/mol. The van der Waals surface area contributed by atoms with Gasteiger partial charge in [-0.05, 0) is 36.8 Å². The van der Waals surface area contributed by atoms with Gasteiger partial charge in [0, 0.05) is 0 Å². The SMILES string of the molecule is COc1ccc([C@@H](Nc2nc(Nc3cnc(OC)c(-n4ccnn4)c3)c(C#N)cc2F)[C@H](C)NC(=O)O)cc1. The maximum absolute atomic E-state index is 15.1. The highest BCUT2D eigenvalue weighted by Crippen LogP contribution is 2.30. The third kappa shape index (κ3) is 6.10. The summed E-state index contributed by atoms with van der Waals surface area (Å²) in [4.78, 5) is 19.9. The Morgan fingerprint density at radius 3 is 2.56 bits per heavy atom. The zero-order chi connectivity index (χ0) is 27.9. The van der Waals surface area contributed by atoms with Crippen LogP contribution in [0.3, 0.4) is 0 Å². The first-order chi connectivity index (χ1) is 18.8. The molecule has 0 aliphatic rings. The van der Waals surface area contributed by atoms with E-state index >= 15 is 4.39 Å². The number of amides is 1. The van der Waals surface area contributed by atoms with Crippen LogP contribution in [0, 0.1) is 17.1 Å². The summed E-state index contributed by atoms with van der Waals surface area (Å²) in [6.07, 6.45) is 3.31. The van der Waals surface area contributed by atoms with Crippen LogP contribution < -0.4 is 25.4 Å². The Morgan fingerprint density at radius 1 is 1.18 bits per heavy atom. The zero-order valence-electron chi connectivity index (χ0n) is 21.1. The molecule has 39 heavy (non-hydrogen) atoms. The first kappa shape index (κ1) is 26.6. The third-order valence-electron chi connectivity index (χ3n) is 5.67. The van der Waals surface area contributed by atoms with E-state index in [2.05, 4.69) is 36.2 Å². The molecule has 4 rings (SSSR count). The normalized spacial score (nSPS) is 12.1. The highest BCUT2D eigenvalue weighted by atomic mass is 19.1. The maximum atomic E-state index is 15.1. The van der Waals surface area contributed by atoms with E-state index in [0.29, 0.717) is 22.7 Å². The van der Waals surface area contributed by atoms with E-state index in [1.807, 2.05) is 6.07 Å². The highest BCUT2D eigenvalue weighted by molar-refractivity contribution is 5.67. The lowest BCUT2D eigenvalue weighted by Crippen LogP contribution is -2.39. The number of hydrogen-bond acceptors (Lipinski definition) is 10. The van der Waals surface area contributed by atoms with Gasteiger partial charge in [0.15, 0.2) is 17.5 Å². The van der Waals surface area contributed by atoms with Crippen LogP contribution in [0.15, 0.2) is 55.0 Å². The predicted octanol–water partition coefficient (Wildman–Crippen LogP) is 3.64. The monoisotopic (exact) mass is 533 g/mol. The molecule has 3 heterocycles. The number of nitriles is 1. The smallest absolute Gasteiger partial charge is 0.404 e. The molecule has 0 aliphatic heterocycles. The van der Waals surface area contributed by atoms with Gasteiger partial charge in [0.25, 0.3) is 0 Å². The van der Waals surface area contributed by atoms with Crippen molar-refractivity contribution in [3.8, 4) is 23.4 Å². The summed E-state index contributed by atoms with van der Waals surface area (Å²) >= 11 is 0. The predicted molar refractivity (Wildman–Crippen MR) is 138 cm³/mol. The molecule has 3 aromatic heterocycles. The van der Waals surface area contributed by atoms with Gasteiger partial charge in [0.2, 0.25) is 5.88 Å². The first-order valence-corrected chi connectivity index (χ1v) is 11.5. The molecular formula is C25H24FN9O4. The van der Waals surface area contributed by atoms with Crippen LogP contribution in [0.1, 0.15) is 24.1 Å². The molecule has 4 N–H and O–H groups in total. The number of benzene rings is 1. The maximum Gasteiger partial charge on any atom is 0.404 e. The number of carboxylic acid groups (broad SMARTS) is 1. The van der Waals surface area contributed by atoms with Gasteiger partial charge in [-0.15, -0.1) is 5.10 Å². The molecule has 13 nitrogen and oxygen atoms in total. The van der Waals surface area contributed by atoms with Gasteiger partial charge < -0.3 is 30.5 Å². The van der Waals surface area contributed by atoms with Crippen molar-refractivity contribution in [2.24, 2.45) is 0 Å². The Bertz CT molecular complexity index is 1490. The number of nitrogens with one attached hydrogen (secondary N) is 3. The molecule has 0 bridgehead atoms. The second kappa shape index (κ2) is 11.7. The van der Waals surface area contributed by atoms with Gasteiger partial charge >= 0.3 is 6.09 Å². The largest absolute Gasteiger partial charge is 0.497 e. The number of pyridine rings is 2. The Balaban J connectivity index is 1.70. The molecule has 4 aromatic rings. The number of ether oxygens (including phenoxy) is 2. The van der Waals surface area contributed by atoms with Crippen molar-refractivity contribution >= 4 is 23.4 Å². The zero-order valence-corrected chi connectivity index (χ0v) is 21.1. The highest BCUT2D eigenvalue weighted by Gasteiger charge is 2.24. The number of halogens is 1. The van der Waals surface area contributed by atoms with Crippen molar-refractivity contribution in [3.63, 3.8) is 0 Å². The molecule has 0 aliphatic carbocycles. The standard InChI is InChI=1S/C25H24FN9O4/c1-14(30-25(36)37)21(15-4-6-18(38-2)7-5-15)32-23-19(26)10-16(12-27)22(33-23)31-17-11-20(24(39-3)28-13-17)35-9-8-29-34-35/h4-11,13-14,21,30H,1-3H3,(H,36,37)(H2,31,32,33)/t14-,21-/m0/s1. The summed E-state index contributed by atoms with van der Waals surface area (Å²) in [6, 6.07) is 10.1. The van der Waals surface area contributed by atoms with Gasteiger partial charge in [0.05, 0.1) is 56.1 Å². The fourth-order valence-electron chi connectivity index (χ4n) is 3.81. The number of anilines is 3. The lowest BCUT2D eigenvalue weighted by Gasteiger charge is -2.26. The molecule has 0 spiro atoms. The van der Waals surface area contributed by atoms with Crippen LogP contribution in [0.4, 0.5) is 26.5 Å². The van der Waals surface area contributed by atoms with Gasteiger partial charge in [-0.2, -0.15) is 5.26 Å². The van der Waals surface area contributed by atoms with Gasteiger partial charge in [-0.1, -0.05) is 17.3 Å². The number of rotatable bonds is 10. The molecule has 0 saturated carbocycles. The van der Waals surface area contributed by atoms with E-state index in [1.165, 1.54) is 31.3 Å². The quantitative estimate of drug-likeness (QED) is 0.234. The van der Waals surface area contributed by atoms with Crippen molar-refractivity contribution in [1.29, 1.82) is 5.26 Å². The van der Waals surface area contributed by atoms with E-state index in [-0.39, 0.29) is 23.1 Å². The number of nitrogens with zero attached hydrogens (tertiary/aromatic N) is 6. The minimum Gasteiger partial charge on any atom is -0.497 e. The average Bonchev–Trinajstić information content (AvgIpc) is 3.47. The van der Waals surface area contributed by atoms with Crippen LogP contribution in [0.25, 0.3) is 5.69 Å². The molecule has 0 unspecified atom stereocenters. The molecule has 200 valence electrons. The van der Waals surface area contributed by atoms with Gasteiger partial charge in [-0.3, -0.25) is 0 Å². The average molecular weight is 534 g/mol. The number of hydrogen-bond donors (Lipinski definition) is 4. The first-order valence-electron chi connectivity index (χ1n) is 11.5. The summed E-state index contributed by atoms with van der Waals surface area (Å²) in [7, 11) is 2.99. The summed E-state index contributed by atoms with van der Waals surface area (Å²) in [5.41, 5.74) is 1.46.